The predicted octanol–water partition coefficient (Wildman–Crippen LogP) is 0.904. The maximum atomic E-state index is 5.17. The van der Waals surface area contributed by atoms with E-state index in [1.54, 1.807) is 0 Å². The van der Waals surface area contributed by atoms with Crippen molar-refractivity contribution in [3.8, 4) is 0 Å². The average Bonchev–Trinajstić information content (AvgIpc) is 3.00. The van der Waals surface area contributed by atoms with E-state index in [2.05, 4.69) is 29.5 Å². The number of nitrogens with one attached hydrogen (secondary N) is 3. The smallest absolute Gasteiger partial charge is 0.00750 e. The second-order valence-electron chi connectivity index (χ2n) is 3.96. The number of hydrogen-bond acceptors (Lipinski definition) is 4. The van der Waals surface area contributed by atoms with E-state index in [0.717, 1.165) is 13.1 Å². The van der Waals surface area contributed by atoms with E-state index in [4.69, 9.17) is 11.5 Å². The minimum Gasteiger partial charge on any atom is -0.368 e. The molecule has 19 heavy (non-hydrogen) atoms. The van der Waals surface area contributed by atoms with Crippen LogP contribution in [0.2, 0.25) is 0 Å². The van der Waals surface area contributed by atoms with E-state index in [9.17, 15) is 0 Å². The summed E-state index contributed by atoms with van der Waals surface area (Å²) in [6.45, 7) is 9.85. The van der Waals surface area contributed by atoms with Crippen LogP contribution in [0.3, 0.4) is 0 Å². The topological polar surface area (TPSA) is 91.9 Å². The number of nitrogens with two attached hydrogens (primary N) is 2. The fraction of sp³-hybridized carbons (Fsp3) is 0.714. The summed E-state index contributed by atoms with van der Waals surface area (Å²) in [5, 5.41) is 6.32. The Hall–Kier alpha value is -0.880. The van der Waals surface area contributed by atoms with Gasteiger partial charge in [-0.15, -0.1) is 0 Å². The minimum atomic E-state index is 0.694. The van der Waals surface area contributed by atoms with Crippen LogP contribution in [0.5, 0.6) is 0 Å². The summed E-state index contributed by atoms with van der Waals surface area (Å²) in [5.41, 5.74) is 10.3. The molecule has 5 nitrogen and oxygen atoms in total. The Kier molecular flexibility index (Phi) is 24.0. The third-order valence-electron chi connectivity index (χ3n) is 1.99. The molecule has 0 aliphatic carbocycles. The van der Waals surface area contributed by atoms with Crippen LogP contribution in [-0.4, -0.2) is 44.3 Å². The van der Waals surface area contributed by atoms with Gasteiger partial charge in [-0.25, -0.2) is 0 Å². The lowest BCUT2D eigenvalue weighted by Gasteiger charge is -1.95. The van der Waals surface area contributed by atoms with E-state index in [1.165, 1.54) is 25.9 Å². The SMILES string of the molecule is CCCNCCC.NCCNCCN.c1cc[nH]c1. The van der Waals surface area contributed by atoms with Gasteiger partial charge in [0.1, 0.15) is 0 Å². The predicted molar refractivity (Wildman–Crippen MR) is 85.2 cm³/mol. The summed E-state index contributed by atoms with van der Waals surface area (Å²) in [6.07, 6.45) is 6.25. The molecule has 0 bridgehead atoms. The van der Waals surface area contributed by atoms with Crippen molar-refractivity contribution in [2.75, 3.05) is 39.3 Å². The number of rotatable bonds is 8. The van der Waals surface area contributed by atoms with Crippen molar-refractivity contribution in [2.45, 2.75) is 26.7 Å². The van der Waals surface area contributed by atoms with Crippen LogP contribution in [0.25, 0.3) is 0 Å². The number of H-pyrrole nitrogens is 1. The highest BCUT2D eigenvalue weighted by Gasteiger charge is 1.77. The summed E-state index contributed by atoms with van der Waals surface area (Å²) < 4.78 is 0. The average molecular weight is 271 g/mol. The number of hydrogen-bond donors (Lipinski definition) is 5. The molecule has 1 aromatic heterocycles. The minimum absolute atomic E-state index is 0.694. The molecule has 5 heteroatoms. The number of aromatic amines is 1. The van der Waals surface area contributed by atoms with E-state index in [1.807, 2.05) is 24.5 Å². The maximum Gasteiger partial charge on any atom is 0.00750 e. The Bertz CT molecular complexity index is 166. The van der Waals surface area contributed by atoms with Gasteiger partial charge < -0.3 is 27.1 Å². The molecule has 0 amide bonds. The highest BCUT2D eigenvalue weighted by Crippen LogP contribution is 1.72. The highest BCUT2D eigenvalue weighted by molar-refractivity contribution is 4.84. The molecule has 0 saturated carbocycles. The van der Waals surface area contributed by atoms with E-state index < -0.39 is 0 Å². The van der Waals surface area contributed by atoms with Crippen molar-refractivity contribution in [1.82, 2.24) is 15.6 Å². The van der Waals surface area contributed by atoms with Crippen LogP contribution in [0.4, 0.5) is 0 Å². The highest BCUT2D eigenvalue weighted by atomic mass is 14.9. The van der Waals surface area contributed by atoms with Gasteiger partial charge in [-0.2, -0.15) is 0 Å². The molecule has 1 heterocycles. The first kappa shape index (κ1) is 20.4. The third-order valence-corrected chi connectivity index (χ3v) is 1.99. The van der Waals surface area contributed by atoms with Crippen molar-refractivity contribution >= 4 is 0 Å². The molecule has 1 aromatic rings. The van der Waals surface area contributed by atoms with Gasteiger partial charge in [0.25, 0.3) is 0 Å². The van der Waals surface area contributed by atoms with Gasteiger partial charge in [0, 0.05) is 38.6 Å². The summed E-state index contributed by atoms with van der Waals surface area (Å²) in [5.74, 6) is 0. The lowest BCUT2D eigenvalue weighted by Crippen LogP contribution is -2.27. The van der Waals surface area contributed by atoms with Crippen LogP contribution >= 0.6 is 0 Å². The number of aromatic nitrogens is 1. The Morgan fingerprint density at radius 1 is 0.789 bits per heavy atom. The van der Waals surface area contributed by atoms with E-state index >= 15 is 0 Å². The van der Waals surface area contributed by atoms with E-state index in [-0.39, 0.29) is 0 Å². The van der Waals surface area contributed by atoms with Crippen LogP contribution in [0.1, 0.15) is 26.7 Å². The molecule has 0 saturated heterocycles. The fourth-order valence-electron chi connectivity index (χ4n) is 1.09. The summed E-state index contributed by atoms with van der Waals surface area (Å²) >= 11 is 0. The molecule has 7 N–H and O–H groups in total. The molecule has 0 spiro atoms. The van der Waals surface area contributed by atoms with E-state index in [0.29, 0.717) is 13.1 Å². The molecular weight excluding hydrogens is 238 g/mol. The summed E-state index contributed by atoms with van der Waals surface area (Å²) in [4.78, 5) is 2.86. The second-order valence-corrected chi connectivity index (χ2v) is 3.96. The molecular formula is C14H33N5. The molecule has 0 aliphatic rings. The molecule has 0 aromatic carbocycles. The largest absolute Gasteiger partial charge is 0.368 e. The Balaban J connectivity index is 0. The van der Waals surface area contributed by atoms with Crippen LogP contribution in [0, 0.1) is 0 Å². The summed E-state index contributed by atoms with van der Waals surface area (Å²) in [6, 6.07) is 3.89. The van der Waals surface area contributed by atoms with Gasteiger partial charge >= 0.3 is 0 Å². The fourth-order valence-corrected chi connectivity index (χ4v) is 1.09. The molecule has 0 aliphatic heterocycles. The first-order valence-corrected chi connectivity index (χ1v) is 7.22. The van der Waals surface area contributed by atoms with Gasteiger partial charge in [0.15, 0.2) is 0 Å². The Morgan fingerprint density at radius 3 is 1.47 bits per heavy atom. The van der Waals surface area contributed by atoms with Crippen molar-refractivity contribution in [3.05, 3.63) is 24.5 Å². The molecule has 0 atom stereocenters. The quantitative estimate of drug-likeness (QED) is 0.454. The summed E-state index contributed by atoms with van der Waals surface area (Å²) in [7, 11) is 0. The molecule has 114 valence electrons. The zero-order valence-corrected chi connectivity index (χ0v) is 12.6. The second kappa shape index (κ2) is 22.3. The van der Waals surface area contributed by atoms with Gasteiger partial charge in [-0.05, 0) is 38.1 Å². The van der Waals surface area contributed by atoms with Gasteiger partial charge in [-0.3, -0.25) is 0 Å². The Labute approximate surface area is 118 Å². The first-order chi connectivity index (χ1) is 9.33. The Morgan fingerprint density at radius 2 is 1.21 bits per heavy atom. The van der Waals surface area contributed by atoms with Gasteiger partial charge in [0.05, 0.1) is 0 Å². The molecule has 0 unspecified atom stereocenters. The molecule has 0 radical (unpaired) electrons. The van der Waals surface area contributed by atoms with Crippen molar-refractivity contribution in [1.29, 1.82) is 0 Å². The zero-order chi connectivity index (χ0) is 14.6. The van der Waals surface area contributed by atoms with Crippen molar-refractivity contribution in [2.24, 2.45) is 11.5 Å². The van der Waals surface area contributed by atoms with Crippen LogP contribution < -0.4 is 22.1 Å². The lowest BCUT2D eigenvalue weighted by atomic mass is 10.4. The molecule has 0 fully saturated rings. The standard InChI is InChI=1S/C6H15N.C4H13N3.C4H5N/c1-3-5-7-6-4-2;5-1-3-7-4-2-6;1-2-4-5-3-1/h7H,3-6H2,1-2H3;7H,1-6H2;1-5H. The van der Waals surface area contributed by atoms with Crippen molar-refractivity contribution < 1.29 is 0 Å². The third kappa shape index (κ3) is 26.6. The van der Waals surface area contributed by atoms with Crippen molar-refractivity contribution in [3.63, 3.8) is 0 Å². The maximum absolute atomic E-state index is 5.17. The zero-order valence-electron chi connectivity index (χ0n) is 12.6. The first-order valence-electron chi connectivity index (χ1n) is 7.22. The lowest BCUT2D eigenvalue weighted by molar-refractivity contribution is 0.662. The van der Waals surface area contributed by atoms with Crippen LogP contribution in [0.15, 0.2) is 24.5 Å². The molecule has 1 rings (SSSR count). The monoisotopic (exact) mass is 271 g/mol. The van der Waals surface area contributed by atoms with Gasteiger partial charge in [0.2, 0.25) is 0 Å². The van der Waals surface area contributed by atoms with Crippen LogP contribution in [-0.2, 0) is 0 Å². The normalized spacial score (nSPS) is 9.05. The van der Waals surface area contributed by atoms with Gasteiger partial charge in [-0.1, -0.05) is 13.8 Å².